The monoisotopic (exact) mass is 476 g/mol. The second kappa shape index (κ2) is 10.1. The van der Waals surface area contributed by atoms with Crippen molar-refractivity contribution < 1.29 is 24.2 Å². The van der Waals surface area contributed by atoms with Crippen LogP contribution in [0.5, 0.6) is 0 Å². The van der Waals surface area contributed by atoms with Gasteiger partial charge in [-0.1, -0.05) is 55.0 Å². The van der Waals surface area contributed by atoms with Crippen LogP contribution in [0.2, 0.25) is 0 Å². The predicted octanol–water partition coefficient (Wildman–Crippen LogP) is 4.45. The zero-order valence-corrected chi connectivity index (χ0v) is 19.7. The van der Waals surface area contributed by atoms with Crippen molar-refractivity contribution in [2.45, 2.75) is 62.9 Å². The van der Waals surface area contributed by atoms with E-state index in [0.717, 1.165) is 32.1 Å². The van der Waals surface area contributed by atoms with Crippen LogP contribution in [-0.4, -0.2) is 41.8 Å². The molecule has 0 saturated heterocycles. The van der Waals surface area contributed by atoms with Gasteiger partial charge in [0, 0.05) is 30.3 Å². The second-order valence-corrected chi connectivity index (χ2v) is 10.2. The number of hydrogen-bond donors (Lipinski definition) is 3. The minimum Gasteiger partial charge on any atom is -0.481 e. The van der Waals surface area contributed by atoms with Gasteiger partial charge in [-0.15, -0.1) is 0 Å². The van der Waals surface area contributed by atoms with Crippen LogP contribution >= 0.6 is 0 Å². The van der Waals surface area contributed by atoms with Gasteiger partial charge in [-0.25, -0.2) is 4.79 Å². The highest BCUT2D eigenvalue weighted by atomic mass is 16.5. The van der Waals surface area contributed by atoms with E-state index in [1.165, 1.54) is 22.3 Å². The summed E-state index contributed by atoms with van der Waals surface area (Å²) in [6.45, 7) is 0.273. The van der Waals surface area contributed by atoms with Crippen molar-refractivity contribution >= 4 is 18.0 Å². The molecule has 35 heavy (non-hydrogen) atoms. The molecule has 184 valence electrons. The molecule has 7 heteroatoms. The SMILES string of the molecule is O=C(O)CC1CC(NC(=O)[C@@H]2CCC[C@@H](NC(=O)OCC3c4ccccc4-c4ccccc43)C2)C1. The summed E-state index contributed by atoms with van der Waals surface area (Å²) in [6.07, 6.45) is 4.30. The lowest BCUT2D eigenvalue weighted by Crippen LogP contribution is -2.49. The third kappa shape index (κ3) is 5.19. The first-order valence-electron chi connectivity index (χ1n) is 12.6. The van der Waals surface area contributed by atoms with Gasteiger partial charge < -0.3 is 20.5 Å². The van der Waals surface area contributed by atoms with Gasteiger partial charge in [0.2, 0.25) is 5.91 Å². The third-order valence-electron chi connectivity index (χ3n) is 7.76. The highest BCUT2D eigenvalue weighted by Gasteiger charge is 2.35. The van der Waals surface area contributed by atoms with Gasteiger partial charge in [0.05, 0.1) is 0 Å². The second-order valence-electron chi connectivity index (χ2n) is 10.2. The van der Waals surface area contributed by atoms with Crippen LogP contribution in [0.15, 0.2) is 48.5 Å². The summed E-state index contributed by atoms with van der Waals surface area (Å²) in [5.74, 6) is -0.726. The number of carboxylic acids is 1. The van der Waals surface area contributed by atoms with Gasteiger partial charge in [0.25, 0.3) is 0 Å². The first-order chi connectivity index (χ1) is 17.0. The van der Waals surface area contributed by atoms with E-state index >= 15 is 0 Å². The van der Waals surface area contributed by atoms with Gasteiger partial charge >= 0.3 is 12.1 Å². The van der Waals surface area contributed by atoms with E-state index in [1.807, 2.05) is 24.3 Å². The number of ether oxygens (including phenoxy) is 1. The Morgan fingerprint density at radius 2 is 1.51 bits per heavy atom. The molecule has 2 amide bonds. The van der Waals surface area contributed by atoms with Crippen LogP contribution in [0.1, 0.15) is 62.0 Å². The Hall–Kier alpha value is -3.35. The predicted molar refractivity (Wildman–Crippen MR) is 131 cm³/mol. The van der Waals surface area contributed by atoms with E-state index in [4.69, 9.17) is 9.84 Å². The zero-order chi connectivity index (χ0) is 24.4. The van der Waals surface area contributed by atoms with E-state index in [0.29, 0.717) is 6.42 Å². The van der Waals surface area contributed by atoms with Gasteiger partial charge in [0.15, 0.2) is 0 Å². The Morgan fingerprint density at radius 1 is 0.857 bits per heavy atom. The summed E-state index contributed by atoms with van der Waals surface area (Å²) < 4.78 is 5.67. The number of hydrogen-bond acceptors (Lipinski definition) is 4. The Bertz CT molecular complexity index is 1060. The molecule has 7 nitrogen and oxygen atoms in total. The molecule has 0 unspecified atom stereocenters. The Balaban J connectivity index is 1.10. The molecule has 0 heterocycles. The smallest absolute Gasteiger partial charge is 0.407 e. The summed E-state index contributed by atoms with van der Waals surface area (Å²) in [7, 11) is 0. The van der Waals surface area contributed by atoms with Gasteiger partial charge in [-0.2, -0.15) is 0 Å². The molecule has 5 rings (SSSR count). The minimum absolute atomic E-state index is 0.0165. The molecule has 2 aromatic carbocycles. The number of nitrogens with one attached hydrogen (secondary N) is 2. The number of carbonyl (C=O) groups excluding carboxylic acids is 2. The van der Waals surface area contributed by atoms with Crippen LogP contribution < -0.4 is 10.6 Å². The quantitative estimate of drug-likeness (QED) is 0.548. The topological polar surface area (TPSA) is 105 Å². The molecule has 2 atom stereocenters. The number of amides is 2. The number of rotatable bonds is 7. The number of carbonyl (C=O) groups is 3. The number of carboxylic acid groups (broad SMARTS) is 1. The van der Waals surface area contributed by atoms with Crippen LogP contribution in [0, 0.1) is 11.8 Å². The molecule has 3 aliphatic carbocycles. The van der Waals surface area contributed by atoms with Crippen LogP contribution in [0.3, 0.4) is 0 Å². The summed E-state index contributed by atoms with van der Waals surface area (Å²) in [4.78, 5) is 36.2. The summed E-state index contributed by atoms with van der Waals surface area (Å²) in [6, 6.07) is 16.5. The van der Waals surface area contributed by atoms with Crippen molar-refractivity contribution in [1.82, 2.24) is 10.6 Å². The molecule has 2 fully saturated rings. The van der Waals surface area contributed by atoms with E-state index < -0.39 is 12.1 Å². The van der Waals surface area contributed by atoms with Gasteiger partial charge in [0.1, 0.15) is 6.61 Å². The number of alkyl carbamates (subject to hydrolysis) is 1. The van der Waals surface area contributed by atoms with Crippen molar-refractivity contribution in [2.24, 2.45) is 11.8 Å². The lowest BCUT2D eigenvalue weighted by Gasteiger charge is -2.37. The van der Waals surface area contributed by atoms with Crippen LogP contribution in [0.25, 0.3) is 11.1 Å². The molecule has 3 aliphatic rings. The van der Waals surface area contributed by atoms with Crippen molar-refractivity contribution in [3.8, 4) is 11.1 Å². The fraction of sp³-hybridized carbons (Fsp3) is 0.464. The first kappa shape index (κ1) is 23.4. The molecule has 3 N–H and O–H groups in total. The van der Waals surface area contributed by atoms with Gasteiger partial charge in [-0.05, 0) is 60.3 Å². The molecule has 2 aromatic rings. The molecular weight excluding hydrogens is 444 g/mol. The maximum absolute atomic E-state index is 12.7. The molecule has 0 radical (unpaired) electrons. The third-order valence-corrected chi connectivity index (χ3v) is 7.76. The van der Waals surface area contributed by atoms with Crippen molar-refractivity contribution in [1.29, 1.82) is 0 Å². The normalized spacial score (nSPS) is 25.0. The Morgan fingerprint density at radius 3 is 2.17 bits per heavy atom. The van der Waals surface area contributed by atoms with E-state index in [2.05, 4.69) is 34.9 Å². The number of benzene rings is 2. The molecule has 0 aromatic heterocycles. The number of fused-ring (bicyclic) bond motifs is 3. The van der Waals surface area contributed by atoms with Crippen molar-refractivity contribution in [2.75, 3.05) is 6.61 Å². The Kier molecular flexibility index (Phi) is 6.75. The lowest BCUT2D eigenvalue weighted by atomic mass is 9.77. The van der Waals surface area contributed by atoms with Gasteiger partial charge in [-0.3, -0.25) is 9.59 Å². The fourth-order valence-electron chi connectivity index (χ4n) is 5.95. The van der Waals surface area contributed by atoms with E-state index in [-0.39, 0.29) is 48.8 Å². The fourth-order valence-corrected chi connectivity index (χ4v) is 5.95. The Labute approximate surface area is 205 Å². The highest BCUT2D eigenvalue weighted by Crippen LogP contribution is 2.44. The molecular formula is C28H32N2O5. The lowest BCUT2D eigenvalue weighted by molar-refractivity contribution is -0.139. The average Bonchev–Trinajstić information content (AvgIpc) is 3.15. The highest BCUT2D eigenvalue weighted by molar-refractivity contribution is 5.80. The number of aliphatic carboxylic acids is 1. The van der Waals surface area contributed by atoms with Crippen molar-refractivity contribution in [3.05, 3.63) is 59.7 Å². The van der Waals surface area contributed by atoms with Crippen LogP contribution in [0.4, 0.5) is 4.79 Å². The standard InChI is InChI=1S/C28H32N2O5/c31-26(32)14-17-12-20(13-17)29-27(33)18-6-5-7-19(15-18)30-28(34)35-16-25-23-10-3-1-8-21(23)22-9-2-4-11-24(22)25/h1-4,8-11,17-20,25H,5-7,12-16H2,(H,29,33)(H,30,34)(H,31,32)/t17?,18-,19-,20?/m1/s1. The van der Waals surface area contributed by atoms with Crippen LogP contribution in [-0.2, 0) is 14.3 Å². The average molecular weight is 477 g/mol. The molecule has 0 aliphatic heterocycles. The molecule has 0 spiro atoms. The largest absolute Gasteiger partial charge is 0.481 e. The minimum atomic E-state index is -0.783. The van der Waals surface area contributed by atoms with Crippen molar-refractivity contribution in [3.63, 3.8) is 0 Å². The molecule has 2 saturated carbocycles. The summed E-state index contributed by atoms with van der Waals surface area (Å²) in [5.41, 5.74) is 4.74. The summed E-state index contributed by atoms with van der Waals surface area (Å²) >= 11 is 0. The maximum Gasteiger partial charge on any atom is 0.407 e. The first-order valence-corrected chi connectivity index (χ1v) is 12.6. The molecule has 0 bridgehead atoms. The van der Waals surface area contributed by atoms with E-state index in [9.17, 15) is 14.4 Å². The summed E-state index contributed by atoms with van der Waals surface area (Å²) in [5, 5.41) is 14.9. The zero-order valence-electron chi connectivity index (χ0n) is 19.7. The maximum atomic E-state index is 12.7. The van der Waals surface area contributed by atoms with E-state index in [1.54, 1.807) is 0 Å².